The van der Waals surface area contributed by atoms with Crippen LogP contribution in [-0.2, 0) is 4.74 Å². The van der Waals surface area contributed by atoms with Crippen LogP contribution in [0, 0.1) is 12.7 Å². The molecule has 3 rings (SSSR count). The highest BCUT2D eigenvalue weighted by atomic mass is 35.5. The topological polar surface area (TPSA) is 94.0 Å². The molecule has 27 heavy (non-hydrogen) atoms. The van der Waals surface area contributed by atoms with Gasteiger partial charge in [0.1, 0.15) is 22.8 Å². The van der Waals surface area contributed by atoms with Crippen LogP contribution in [0.15, 0.2) is 27.7 Å². The van der Waals surface area contributed by atoms with Gasteiger partial charge >= 0.3 is 0 Å². The summed E-state index contributed by atoms with van der Waals surface area (Å²) >= 11 is 6.09. The summed E-state index contributed by atoms with van der Waals surface area (Å²) in [5, 5.41) is 3.92. The fourth-order valence-corrected chi connectivity index (χ4v) is 3.37. The standard InChI is InChI=1S/C18H20ClFN4O3/c1-9-7-24(8-10(2)26-9)18(21)22-17(25)14-11(3)27-23-16(14)15-12(19)5-4-6-13(15)20/h4-6,9-10H,7-8H2,1-3H3,(H2,21,22,25)/t9-,10+. The number of benzene rings is 1. The molecule has 0 radical (unpaired) electrons. The lowest BCUT2D eigenvalue weighted by Crippen LogP contribution is -2.51. The van der Waals surface area contributed by atoms with E-state index in [-0.39, 0.29) is 45.8 Å². The predicted molar refractivity (Wildman–Crippen MR) is 99.2 cm³/mol. The van der Waals surface area contributed by atoms with Gasteiger partial charge in [0.05, 0.1) is 22.8 Å². The van der Waals surface area contributed by atoms with Crippen molar-refractivity contribution in [1.82, 2.24) is 10.1 Å². The van der Waals surface area contributed by atoms with Gasteiger partial charge in [0.2, 0.25) is 0 Å². The fraction of sp³-hybridized carbons (Fsp3) is 0.389. The van der Waals surface area contributed by atoms with Gasteiger partial charge in [-0.15, -0.1) is 0 Å². The molecule has 144 valence electrons. The molecule has 0 saturated carbocycles. The number of guanidine groups is 1. The molecule has 2 heterocycles. The van der Waals surface area contributed by atoms with E-state index in [1.54, 1.807) is 11.8 Å². The zero-order valence-corrected chi connectivity index (χ0v) is 16.0. The summed E-state index contributed by atoms with van der Waals surface area (Å²) in [6.45, 7) is 6.41. The molecule has 2 aromatic rings. The highest BCUT2D eigenvalue weighted by molar-refractivity contribution is 6.33. The Morgan fingerprint density at radius 3 is 2.67 bits per heavy atom. The number of nitrogens with two attached hydrogens (primary N) is 1. The monoisotopic (exact) mass is 394 g/mol. The Balaban J connectivity index is 1.95. The maximum absolute atomic E-state index is 14.3. The predicted octanol–water partition coefficient (Wildman–Crippen LogP) is 3.01. The van der Waals surface area contributed by atoms with E-state index >= 15 is 0 Å². The van der Waals surface area contributed by atoms with Gasteiger partial charge in [0.25, 0.3) is 5.91 Å². The maximum atomic E-state index is 14.3. The van der Waals surface area contributed by atoms with Gasteiger partial charge in [-0.05, 0) is 32.9 Å². The Morgan fingerprint density at radius 1 is 1.37 bits per heavy atom. The third kappa shape index (κ3) is 3.96. The molecule has 0 unspecified atom stereocenters. The first kappa shape index (κ1) is 19.3. The Bertz CT molecular complexity index is 868. The van der Waals surface area contributed by atoms with Crippen molar-refractivity contribution in [2.45, 2.75) is 33.0 Å². The van der Waals surface area contributed by atoms with Crippen molar-refractivity contribution in [3.8, 4) is 11.3 Å². The number of morpholine rings is 1. The second-order valence-electron chi connectivity index (χ2n) is 6.50. The van der Waals surface area contributed by atoms with Crippen LogP contribution in [0.5, 0.6) is 0 Å². The number of ether oxygens (including phenoxy) is 1. The smallest absolute Gasteiger partial charge is 0.286 e. The van der Waals surface area contributed by atoms with Crippen molar-refractivity contribution in [2.75, 3.05) is 13.1 Å². The van der Waals surface area contributed by atoms with Crippen molar-refractivity contribution in [3.63, 3.8) is 0 Å². The molecule has 1 aromatic carbocycles. The number of halogens is 2. The first-order valence-corrected chi connectivity index (χ1v) is 8.85. The zero-order valence-electron chi connectivity index (χ0n) is 15.2. The lowest BCUT2D eigenvalue weighted by Gasteiger charge is -2.35. The van der Waals surface area contributed by atoms with Gasteiger partial charge in [0, 0.05) is 13.1 Å². The molecule has 0 spiro atoms. The Hall–Kier alpha value is -2.45. The molecular weight excluding hydrogens is 375 g/mol. The van der Waals surface area contributed by atoms with Crippen LogP contribution in [0.1, 0.15) is 30.0 Å². The van der Waals surface area contributed by atoms with Gasteiger partial charge in [0.15, 0.2) is 5.96 Å². The first-order chi connectivity index (χ1) is 12.8. The molecule has 0 bridgehead atoms. The highest BCUT2D eigenvalue weighted by Gasteiger charge is 2.27. The molecule has 2 atom stereocenters. The second-order valence-corrected chi connectivity index (χ2v) is 6.90. The van der Waals surface area contributed by atoms with E-state index in [1.165, 1.54) is 18.2 Å². The summed E-state index contributed by atoms with van der Waals surface area (Å²) in [5.41, 5.74) is 6.04. The Kier molecular flexibility index (Phi) is 5.48. The van der Waals surface area contributed by atoms with Gasteiger partial charge in [-0.25, -0.2) is 4.39 Å². The highest BCUT2D eigenvalue weighted by Crippen LogP contribution is 2.33. The number of aryl methyl sites for hydroxylation is 1. The van der Waals surface area contributed by atoms with Crippen LogP contribution in [0.25, 0.3) is 11.3 Å². The first-order valence-electron chi connectivity index (χ1n) is 8.47. The number of aliphatic imine (C=N–C) groups is 1. The summed E-state index contributed by atoms with van der Waals surface area (Å²) in [6.07, 6.45) is -0.0783. The molecular formula is C18H20ClFN4O3. The van der Waals surface area contributed by atoms with Crippen LogP contribution < -0.4 is 5.73 Å². The maximum Gasteiger partial charge on any atom is 0.286 e. The Labute approximate surface area is 160 Å². The molecule has 9 heteroatoms. The van der Waals surface area contributed by atoms with E-state index in [1.807, 2.05) is 13.8 Å². The van der Waals surface area contributed by atoms with E-state index in [0.29, 0.717) is 13.1 Å². The Morgan fingerprint density at radius 2 is 2.04 bits per heavy atom. The SMILES string of the molecule is Cc1onc(-c2c(F)cccc2Cl)c1C(=O)N=C(N)N1C[C@@H](C)O[C@@H](C)C1. The number of amides is 1. The minimum Gasteiger partial charge on any atom is -0.372 e. The summed E-state index contributed by atoms with van der Waals surface area (Å²) < 4.78 is 25.0. The third-order valence-corrected chi connectivity index (χ3v) is 4.55. The molecule has 1 aromatic heterocycles. The minimum absolute atomic E-state index is 0.000800. The number of carbonyl (C=O) groups is 1. The molecule has 1 saturated heterocycles. The fourth-order valence-electron chi connectivity index (χ4n) is 3.11. The number of carbonyl (C=O) groups excluding carboxylic acids is 1. The van der Waals surface area contributed by atoms with Crippen LogP contribution in [0.3, 0.4) is 0 Å². The number of hydrogen-bond acceptors (Lipinski definition) is 4. The molecule has 2 N–H and O–H groups in total. The van der Waals surface area contributed by atoms with E-state index in [4.69, 9.17) is 26.6 Å². The van der Waals surface area contributed by atoms with Crippen molar-refractivity contribution in [1.29, 1.82) is 0 Å². The second kappa shape index (κ2) is 7.66. The number of rotatable bonds is 2. The lowest BCUT2D eigenvalue weighted by molar-refractivity contribution is -0.0483. The van der Waals surface area contributed by atoms with Crippen LogP contribution in [0.2, 0.25) is 5.02 Å². The van der Waals surface area contributed by atoms with Crippen molar-refractivity contribution in [3.05, 3.63) is 40.4 Å². The molecule has 1 amide bonds. The van der Waals surface area contributed by atoms with Crippen molar-refractivity contribution < 1.29 is 18.4 Å². The molecule has 7 nitrogen and oxygen atoms in total. The average Bonchev–Trinajstić information content (AvgIpc) is 2.95. The van der Waals surface area contributed by atoms with E-state index in [2.05, 4.69) is 10.1 Å². The minimum atomic E-state index is -0.674. The summed E-state index contributed by atoms with van der Waals surface area (Å²) in [6, 6.07) is 4.20. The van der Waals surface area contributed by atoms with Gasteiger partial charge in [-0.1, -0.05) is 22.8 Å². The van der Waals surface area contributed by atoms with Crippen molar-refractivity contribution in [2.24, 2.45) is 10.7 Å². The van der Waals surface area contributed by atoms with Crippen LogP contribution in [0.4, 0.5) is 4.39 Å². The van der Waals surface area contributed by atoms with Crippen LogP contribution >= 0.6 is 11.6 Å². The van der Waals surface area contributed by atoms with Crippen molar-refractivity contribution >= 4 is 23.5 Å². The van der Waals surface area contributed by atoms with E-state index in [9.17, 15) is 9.18 Å². The number of hydrogen-bond donors (Lipinski definition) is 1. The average molecular weight is 395 g/mol. The molecule has 1 fully saturated rings. The quantitative estimate of drug-likeness (QED) is 0.621. The third-order valence-electron chi connectivity index (χ3n) is 4.24. The van der Waals surface area contributed by atoms with E-state index in [0.717, 1.165) is 0 Å². The van der Waals surface area contributed by atoms with Gasteiger partial charge < -0.3 is 19.9 Å². The summed E-state index contributed by atoms with van der Waals surface area (Å²) in [7, 11) is 0. The number of aromatic nitrogens is 1. The van der Waals surface area contributed by atoms with Crippen LogP contribution in [-0.4, -0.2) is 47.2 Å². The summed E-state index contributed by atoms with van der Waals surface area (Å²) in [5.74, 6) is -1.02. The van der Waals surface area contributed by atoms with Gasteiger partial charge in [-0.3, -0.25) is 4.79 Å². The normalized spacial score (nSPS) is 20.8. The molecule has 1 aliphatic heterocycles. The largest absolute Gasteiger partial charge is 0.372 e. The molecule has 1 aliphatic rings. The molecule has 0 aliphatic carbocycles. The van der Waals surface area contributed by atoms with E-state index < -0.39 is 11.7 Å². The lowest BCUT2D eigenvalue weighted by atomic mass is 10.1. The zero-order chi connectivity index (χ0) is 19.7. The van der Waals surface area contributed by atoms with Gasteiger partial charge in [-0.2, -0.15) is 4.99 Å². The summed E-state index contributed by atoms with van der Waals surface area (Å²) in [4.78, 5) is 18.5. The number of nitrogens with zero attached hydrogens (tertiary/aromatic N) is 3.